The van der Waals surface area contributed by atoms with Crippen LogP contribution in [0.5, 0.6) is 0 Å². The molecule has 4 nitrogen and oxygen atoms in total. The van der Waals surface area contributed by atoms with Crippen LogP contribution in [-0.4, -0.2) is 35.7 Å². The largest absolute Gasteiger partial charge is 0.444 e. The molecule has 1 heterocycles. The van der Waals surface area contributed by atoms with E-state index in [-0.39, 0.29) is 6.09 Å². The van der Waals surface area contributed by atoms with Gasteiger partial charge in [0.25, 0.3) is 0 Å². The van der Waals surface area contributed by atoms with Crippen LogP contribution >= 0.6 is 11.6 Å². The summed E-state index contributed by atoms with van der Waals surface area (Å²) in [6.07, 6.45) is 2.09. The summed E-state index contributed by atoms with van der Waals surface area (Å²) >= 11 is 6.03. The summed E-state index contributed by atoms with van der Waals surface area (Å²) in [6, 6.07) is 8.52. The van der Waals surface area contributed by atoms with Crippen LogP contribution in [0, 0.1) is 11.8 Å². The van der Waals surface area contributed by atoms with Gasteiger partial charge in [0.2, 0.25) is 0 Å². The van der Waals surface area contributed by atoms with Gasteiger partial charge in [0, 0.05) is 30.7 Å². The number of benzene rings is 1. The highest BCUT2D eigenvalue weighted by molar-refractivity contribution is 6.30. The lowest BCUT2D eigenvalue weighted by molar-refractivity contribution is 0.0279. The fourth-order valence-electron chi connectivity index (χ4n) is 3.85. The Bertz CT molecular complexity index is 585. The van der Waals surface area contributed by atoms with E-state index < -0.39 is 5.60 Å². The van der Waals surface area contributed by atoms with Gasteiger partial charge in [-0.2, -0.15) is 0 Å². The van der Waals surface area contributed by atoms with E-state index in [1.165, 1.54) is 5.56 Å². The monoisotopic (exact) mass is 350 g/mol. The number of amides is 1. The zero-order chi connectivity index (χ0) is 17.3. The first-order chi connectivity index (χ1) is 11.3. The zero-order valence-corrected chi connectivity index (χ0v) is 15.5. The van der Waals surface area contributed by atoms with Crippen LogP contribution in [0.1, 0.15) is 39.2 Å². The Morgan fingerprint density at radius 3 is 2.54 bits per heavy atom. The van der Waals surface area contributed by atoms with Crippen molar-refractivity contribution in [1.82, 2.24) is 10.2 Å². The summed E-state index contributed by atoms with van der Waals surface area (Å²) in [7, 11) is 0. The molecule has 0 bridgehead atoms. The molecule has 24 heavy (non-hydrogen) atoms. The van der Waals surface area contributed by atoms with Crippen LogP contribution in [0.4, 0.5) is 4.79 Å². The topological polar surface area (TPSA) is 41.6 Å². The minimum Gasteiger partial charge on any atom is -0.444 e. The first-order valence-electron chi connectivity index (χ1n) is 8.76. The Labute approximate surface area is 149 Å². The van der Waals surface area contributed by atoms with Gasteiger partial charge in [-0.05, 0) is 63.1 Å². The van der Waals surface area contributed by atoms with Crippen molar-refractivity contribution >= 4 is 17.7 Å². The van der Waals surface area contributed by atoms with Crippen molar-refractivity contribution in [3.63, 3.8) is 0 Å². The predicted molar refractivity (Wildman–Crippen MR) is 96.1 cm³/mol. The van der Waals surface area contributed by atoms with Crippen molar-refractivity contribution in [3.8, 4) is 0 Å². The van der Waals surface area contributed by atoms with Crippen LogP contribution in [0.15, 0.2) is 24.3 Å². The highest BCUT2D eigenvalue weighted by atomic mass is 35.5. The molecule has 2 fully saturated rings. The van der Waals surface area contributed by atoms with Gasteiger partial charge in [0.15, 0.2) is 0 Å². The van der Waals surface area contributed by atoms with Crippen molar-refractivity contribution in [2.45, 2.75) is 51.8 Å². The van der Waals surface area contributed by atoms with Crippen LogP contribution in [0.3, 0.4) is 0 Å². The summed E-state index contributed by atoms with van der Waals surface area (Å²) in [5, 5.41) is 4.43. The van der Waals surface area contributed by atoms with Crippen LogP contribution < -0.4 is 5.32 Å². The molecule has 0 spiro atoms. The van der Waals surface area contributed by atoms with E-state index in [1.807, 2.05) is 43.9 Å². The molecule has 1 aliphatic carbocycles. The molecular weight excluding hydrogens is 324 g/mol. The molecule has 1 saturated heterocycles. The van der Waals surface area contributed by atoms with Gasteiger partial charge in [-0.1, -0.05) is 23.7 Å². The number of fused-ring (bicyclic) bond motifs is 1. The molecule has 0 aromatic heterocycles. The molecule has 2 unspecified atom stereocenters. The molecule has 2 aliphatic rings. The van der Waals surface area contributed by atoms with Crippen molar-refractivity contribution in [2.24, 2.45) is 11.8 Å². The van der Waals surface area contributed by atoms with Crippen molar-refractivity contribution in [2.75, 3.05) is 13.1 Å². The van der Waals surface area contributed by atoms with Gasteiger partial charge in [0.05, 0.1) is 0 Å². The minimum atomic E-state index is -0.421. The van der Waals surface area contributed by atoms with E-state index in [0.29, 0.717) is 17.9 Å². The standard InChI is InChI=1S/C19H27ClN2O2/c1-19(2,3)24-18(23)22-11-14-8-17(9-15(14)12-22)21-10-13-5-4-6-16(20)7-13/h4-7,14-15,17,21H,8-12H2,1-3H3. The smallest absolute Gasteiger partial charge is 0.410 e. The van der Waals surface area contributed by atoms with E-state index in [4.69, 9.17) is 16.3 Å². The third kappa shape index (κ3) is 4.42. The number of carbonyl (C=O) groups excluding carboxylic acids is 1. The lowest BCUT2D eigenvalue weighted by Crippen LogP contribution is -2.37. The number of hydrogen-bond acceptors (Lipinski definition) is 3. The van der Waals surface area contributed by atoms with Gasteiger partial charge in [-0.3, -0.25) is 0 Å². The van der Waals surface area contributed by atoms with Crippen molar-refractivity contribution in [3.05, 3.63) is 34.9 Å². The third-order valence-corrected chi connectivity index (χ3v) is 5.12. The maximum atomic E-state index is 12.2. The van der Waals surface area contributed by atoms with E-state index in [2.05, 4.69) is 11.4 Å². The van der Waals surface area contributed by atoms with Gasteiger partial charge in [-0.25, -0.2) is 4.79 Å². The third-order valence-electron chi connectivity index (χ3n) is 4.89. The average Bonchev–Trinajstić information content (AvgIpc) is 3.01. The maximum Gasteiger partial charge on any atom is 0.410 e. The Hall–Kier alpha value is -1.26. The number of rotatable bonds is 3. The number of nitrogens with one attached hydrogen (secondary N) is 1. The SMILES string of the molecule is CC(C)(C)OC(=O)N1CC2CC(NCc3cccc(Cl)c3)CC2C1. The number of halogens is 1. The Balaban J connectivity index is 1.46. The molecule has 2 atom stereocenters. The van der Waals surface area contributed by atoms with E-state index in [0.717, 1.165) is 37.5 Å². The maximum absolute atomic E-state index is 12.2. The average molecular weight is 351 g/mol. The zero-order valence-electron chi connectivity index (χ0n) is 14.7. The van der Waals surface area contributed by atoms with Crippen molar-refractivity contribution in [1.29, 1.82) is 0 Å². The summed E-state index contributed by atoms with van der Waals surface area (Å²) < 4.78 is 5.49. The van der Waals surface area contributed by atoms with E-state index in [9.17, 15) is 4.79 Å². The molecular formula is C19H27ClN2O2. The van der Waals surface area contributed by atoms with Crippen molar-refractivity contribution < 1.29 is 9.53 Å². The Morgan fingerprint density at radius 1 is 1.29 bits per heavy atom. The highest BCUT2D eigenvalue weighted by Gasteiger charge is 2.43. The molecule has 132 valence electrons. The number of carbonyl (C=O) groups is 1. The lowest BCUT2D eigenvalue weighted by atomic mass is 10.0. The quantitative estimate of drug-likeness (QED) is 0.893. The number of ether oxygens (including phenoxy) is 1. The van der Waals surface area contributed by atoms with E-state index >= 15 is 0 Å². The van der Waals surface area contributed by atoms with Crippen LogP contribution in [0.2, 0.25) is 5.02 Å². The highest BCUT2D eigenvalue weighted by Crippen LogP contribution is 2.38. The lowest BCUT2D eigenvalue weighted by Gasteiger charge is -2.25. The van der Waals surface area contributed by atoms with Gasteiger partial charge >= 0.3 is 6.09 Å². The van der Waals surface area contributed by atoms with Crippen LogP contribution in [0.25, 0.3) is 0 Å². The summed E-state index contributed by atoms with van der Waals surface area (Å²) in [5.41, 5.74) is 0.797. The minimum absolute atomic E-state index is 0.166. The summed E-state index contributed by atoms with van der Waals surface area (Å²) in [6.45, 7) is 8.25. The molecule has 1 amide bonds. The molecule has 1 N–H and O–H groups in total. The fourth-order valence-corrected chi connectivity index (χ4v) is 4.06. The molecule has 1 aliphatic heterocycles. The summed E-state index contributed by atoms with van der Waals surface area (Å²) in [5.74, 6) is 1.18. The first-order valence-corrected chi connectivity index (χ1v) is 9.14. The normalized spacial score (nSPS) is 26.5. The van der Waals surface area contributed by atoms with Gasteiger partial charge < -0.3 is 15.0 Å². The van der Waals surface area contributed by atoms with E-state index in [1.54, 1.807) is 0 Å². The molecule has 1 saturated carbocycles. The molecule has 3 rings (SSSR count). The van der Waals surface area contributed by atoms with Gasteiger partial charge in [-0.15, -0.1) is 0 Å². The number of nitrogens with zero attached hydrogens (tertiary/aromatic N) is 1. The second kappa shape index (κ2) is 6.93. The number of likely N-dealkylation sites (tertiary alicyclic amines) is 1. The Morgan fingerprint density at radius 2 is 1.96 bits per heavy atom. The summed E-state index contributed by atoms with van der Waals surface area (Å²) in [4.78, 5) is 14.1. The molecule has 1 aromatic carbocycles. The van der Waals surface area contributed by atoms with Gasteiger partial charge in [0.1, 0.15) is 5.60 Å². The second-order valence-corrected chi connectivity index (χ2v) is 8.52. The fraction of sp³-hybridized carbons (Fsp3) is 0.632. The first kappa shape index (κ1) is 17.6. The molecule has 1 aromatic rings. The predicted octanol–water partition coefficient (Wildman–Crippen LogP) is 4.08. The molecule has 5 heteroatoms. The Kier molecular flexibility index (Phi) is 5.07. The number of hydrogen-bond donors (Lipinski definition) is 1. The second-order valence-electron chi connectivity index (χ2n) is 8.08. The molecule has 0 radical (unpaired) electrons. The van der Waals surface area contributed by atoms with Crippen LogP contribution in [-0.2, 0) is 11.3 Å².